The third-order valence-electron chi connectivity index (χ3n) is 7.08. The number of nitrogen functional groups attached to an aromatic ring is 1. The van der Waals surface area contributed by atoms with Crippen molar-refractivity contribution in [2.75, 3.05) is 12.3 Å². The van der Waals surface area contributed by atoms with Crippen LogP contribution in [0.25, 0.3) is 5.70 Å². The summed E-state index contributed by atoms with van der Waals surface area (Å²) in [6.07, 6.45) is 9.39. The molecular formula is C26H31ClN6O. The van der Waals surface area contributed by atoms with E-state index in [0.717, 1.165) is 66.7 Å². The standard InChI is InChI=1S/C26H31ClN6O/c27-20-3-1-2-17(10-20)14-33-15-18(6-9-24(33)34)19-11-22(25-23(12-19)31-32-26(25)29)30-13-16-4-7-21(28)8-5-16/h1-3,6,9-11,15-16,19,21,30H,4-5,7-8,12-14,28H2,(H3,29,31,32)/t16-,19?,21-. The van der Waals surface area contributed by atoms with Crippen molar-refractivity contribution in [3.05, 3.63) is 86.4 Å². The van der Waals surface area contributed by atoms with E-state index < -0.39 is 0 Å². The third kappa shape index (κ3) is 4.91. The zero-order chi connectivity index (χ0) is 23.7. The molecule has 3 aromatic rings. The van der Waals surface area contributed by atoms with Gasteiger partial charge < -0.3 is 21.4 Å². The van der Waals surface area contributed by atoms with Gasteiger partial charge in [-0.15, -0.1) is 0 Å². The van der Waals surface area contributed by atoms with E-state index in [4.69, 9.17) is 23.1 Å². The fourth-order valence-electron chi connectivity index (χ4n) is 5.14. The van der Waals surface area contributed by atoms with Gasteiger partial charge in [-0.3, -0.25) is 9.89 Å². The first kappa shape index (κ1) is 22.7. The molecule has 34 heavy (non-hydrogen) atoms. The molecule has 2 aromatic heterocycles. The van der Waals surface area contributed by atoms with Gasteiger partial charge in [0.2, 0.25) is 0 Å². The molecule has 2 heterocycles. The Morgan fingerprint density at radius 3 is 2.79 bits per heavy atom. The van der Waals surface area contributed by atoms with Gasteiger partial charge in [-0.25, -0.2) is 0 Å². The maximum absolute atomic E-state index is 12.6. The van der Waals surface area contributed by atoms with E-state index in [1.54, 1.807) is 10.6 Å². The van der Waals surface area contributed by atoms with Crippen molar-refractivity contribution in [1.29, 1.82) is 0 Å². The minimum absolute atomic E-state index is 0.0381. The average Bonchev–Trinajstić information content (AvgIpc) is 3.21. The van der Waals surface area contributed by atoms with Crippen LogP contribution in [0.3, 0.4) is 0 Å². The number of H-pyrrole nitrogens is 1. The number of nitrogens with zero attached hydrogens (tertiary/aromatic N) is 2. The fourth-order valence-corrected chi connectivity index (χ4v) is 5.35. The molecule has 6 N–H and O–H groups in total. The molecule has 2 aliphatic rings. The lowest BCUT2D eigenvalue weighted by atomic mass is 9.85. The Morgan fingerprint density at radius 2 is 2.00 bits per heavy atom. The molecule has 7 nitrogen and oxygen atoms in total. The minimum atomic E-state index is -0.0381. The summed E-state index contributed by atoms with van der Waals surface area (Å²) in [4.78, 5) is 12.6. The van der Waals surface area contributed by atoms with Crippen LogP contribution >= 0.6 is 11.6 Å². The molecule has 2 aliphatic carbocycles. The topological polar surface area (TPSA) is 115 Å². The summed E-state index contributed by atoms with van der Waals surface area (Å²) in [7, 11) is 0. The predicted octanol–water partition coefficient (Wildman–Crippen LogP) is 3.64. The first-order chi connectivity index (χ1) is 16.5. The second-order valence-electron chi connectivity index (χ2n) is 9.57. The van der Waals surface area contributed by atoms with Gasteiger partial charge in [0.1, 0.15) is 0 Å². The molecule has 0 spiro atoms. The van der Waals surface area contributed by atoms with Crippen LogP contribution in [-0.2, 0) is 13.0 Å². The second kappa shape index (κ2) is 9.68. The van der Waals surface area contributed by atoms with E-state index >= 15 is 0 Å². The van der Waals surface area contributed by atoms with Crippen LogP contribution in [0.15, 0.2) is 53.5 Å². The van der Waals surface area contributed by atoms with Crippen molar-refractivity contribution >= 4 is 23.1 Å². The van der Waals surface area contributed by atoms with Crippen molar-refractivity contribution in [2.45, 2.75) is 50.6 Å². The first-order valence-electron chi connectivity index (χ1n) is 12.0. The largest absolute Gasteiger partial charge is 0.384 e. The van der Waals surface area contributed by atoms with Crippen molar-refractivity contribution < 1.29 is 0 Å². The van der Waals surface area contributed by atoms with Crippen molar-refractivity contribution in [1.82, 2.24) is 20.1 Å². The lowest BCUT2D eigenvalue weighted by molar-refractivity contribution is 0.324. The Balaban J connectivity index is 1.39. The molecule has 0 saturated heterocycles. The zero-order valence-electron chi connectivity index (χ0n) is 19.1. The highest BCUT2D eigenvalue weighted by Gasteiger charge is 2.27. The molecule has 8 heteroatoms. The Labute approximate surface area is 204 Å². The quantitative estimate of drug-likeness (QED) is 0.431. The SMILES string of the molecule is Nc1n[nH]c2c1C(NC[C@H]1CC[C@H](N)CC1)=CC(c1ccc(=O)n(Cc3cccc(Cl)c3)c1)C2. The molecule has 0 amide bonds. The summed E-state index contributed by atoms with van der Waals surface area (Å²) >= 11 is 6.13. The maximum Gasteiger partial charge on any atom is 0.250 e. The summed E-state index contributed by atoms with van der Waals surface area (Å²) in [5.74, 6) is 1.22. The van der Waals surface area contributed by atoms with E-state index in [2.05, 4.69) is 21.6 Å². The number of rotatable bonds is 6. The molecule has 1 saturated carbocycles. The molecule has 0 bridgehead atoms. The van der Waals surface area contributed by atoms with Crippen LogP contribution in [-0.4, -0.2) is 27.4 Å². The molecule has 178 valence electrons. The number of anilines is 1. The van der Waals surface area contributed by atoms with E-state index in [-0.39, 0.29) is 11.5 Å². The van der Waals surface area contributed by atoms with Gasteiger partial charge >= 0.3 is 0 Å². The number of hydrogen-bond donors (Lipinski definition) is 4. The number of hydrogen-bond acceptors (Lipinski definition) is 5. The highest BCUT2D eigenvalue weighted by atomic mass is 35.5. The lowest BCUT2D eigenvalue weighted by Gasteiger charge is -2.28. The number of nitrogens with two attached hydrogens (primary N) is 2. The zero-order valence-corrected chi connectivity index (χ0v) is 19.9. The van der Waals surface area contributed by atoms with Crippen LogP contribution in [0.2, 0.25) is 5.02 Å². The molecule has 0 aliphatic heterocycles. The van der Waals surface area contributed by atoms with Crippen LogP contribution in [0, 0.1) is 5.92 Å². The van der Waals surface area contributed by atoms with Gasteiger partial charge in [-0.05, 0) is 54.9 Å². The molecule has 0 radical (unpaired) electrons. The van der Waals surface area contributed by atoms with Gasteiger partial charge in [0, 0.05) is 53.6 Å². The van der Waals surface area contributed by atoms with Crippen LogP contribution in [0.5, 0.6) is 0 Å². The van der Waals surface area contributed by atoms with Gasteiger partial charge in [-0.1, -0.05) is 35.9 Å². The Hall–Kier alpha value is -3.03. The van der Waals surface area contributed by atoms with E-state index in [0.29, 0.717) is 29.3 Å². The summed E-state index contributed by atoms with van der Waals surface area (Å²) in [5.41, 5.74) is 17.3. The highest BCUT2D eigenvalue weighted by Crippen LogP contribution is 2.35. The van der Waals surface area contributed by atoms with E-state index in [1.807, 2.05) is 36.5 Å². The van der Waals surface area contributed by atoms with Gasteiger partial charge in [0.05, 0.1) is 12.1 Å². The molecule has 1 unspecified atom stereocenters. The number of aromatic amines is 1. The Kier molecular flexibility index (Phi) is 6.48. The summed E-state index contributed by atoms with van der Waals surface area (Å²) in [5, 5.41) is 11.7. The number of allylic oxidation sites excluding steroid dienone is 1. The number of benzene rings is 1. The number of nitrogens with one attached hydrogen (secondary N) is 2. The smallest absolute Gasteiger partial charge is 0.250 e. The Morgan fingerprint density at radius 1 is 1.18 bits per heavy atom. The minimum Gasteiger partial charge on any atom is -0.384 e. The number of fused-ring (bicyclic) bond motifs is 1. The van der Waals surface area contributed by atoms with Crippen molar-refractivity contribution in [2.24, 2.45) is 11.7 Å². The lowest BCUT2D eigenvalue weighted by Crippen LogP contribution is -2.32. The summed E-state index contributed by atoms with van der Waals surface area (Å²) < 4.78 is 1.74. The van der Waals surface area contributed by atoms with Gasteiger partial charge in [0.15, 0.2) is 5.82 Å². The highest BCUT2D eigenvalue weighted by molar-refractivity contribution is 6.30. The van der Waals surface area contributed by atoms with Crippen LogP contribution in [0.1, 0.15) is 54.0 Å². The average molecular weight is 479 g/mol. The number of aromatic nitrogens is 3. The van der Waals surface area contributed by atoms with Crippen LogP contribution < -0.4 is 22.3 Å². The molecular weight excluding hydrogens is 448 g/mol. The number of pyridine rings is 1. The first-order valence-corrected chi connectivity index (χ1v) is 12.3. The Bertz CT molecular complexity index is 1250. The molecule has 1 atom stereocenters. The van der Waals surface area contributed by atoms with Crippen LogP contribution in [0.4, 0.5) is 5.82 Å². The fraction of sp³-hybridized carbons (Fsp3) is 0.385. The third-order valence-corrected chi connectivity index (χ3v) is 7.31. The number of halogens is 1. The van der Waals surface area contributed by atoms with Crippen molar-refractivity contribution in [3.8, 4) is 0 Å². The maximum atomic E-state index is 12.6. The predicted molar refractivity (Wildman–Crippen MR) is 137 cm³/mol. The summed E-state index contributed by atoms with van der Waals surface area (Å²) in [6.45, 7) is 1.37. The molecule has 1 aromatic carbocycles. The van der Waals surface area contributed by atoms with E-state index in [9.17, 15) is 4.79 Å². The van der Waals surface area contributed by atoms with Crippen molar-refractivity contribution in [3.63, 3.8) is 0 Å². The van der Waals surface area contributed by atoms with Gasteiger partial charge in [-0.2, -0.15) is 5.10 Å². The summed E-state index contributed by atoms with van der Waals surface area (Å²) in [6, 6.07) is 11.5. The second-order valence-corrected chi connectivity index (χ2v) is 10.0. The van der Waals surface area contributed by atoms with E-state index in [1.165, 1.54) is 0 Å². The monoisotopic (exact) mass is 478 g/mol. The normalized spacial score (nSPS) is 22.2. The van der Waals surface area contributed by atoms with Gasteiger partial charge in [0.25, 0.3) is 5.56 Å². The molecule has 1 fully saturated rings. The molecule has 5 rings (SSSR count).